The van der Waals surface area contributed by atoms with Crippen LogP contribution in [0.5, 0.6) is 0 Å². The van der Waals surface area contributed by atoms with E-state index in [1.807, 2.05) is 11.4 Å². The SMILES string of the molecule is O=C(O)c1ccc(NC(=O)C2CCCc3sccc32)s1. The molecular formula is C14H13NO3S2. The van der Waals surface area contributed by atoms with Gasteiger partial charge in [0.25, 0.3) is 0 Å². The van der Waals surface area contributed by atoms with Gasteiger partial charge in [0.05, 0.1) is 10.9 Å². The van der Waals surface area contributed by atoms with E-state index in [4.69, 9.17) is 5.11 Å². The standard InChI is InChI=1S/C14H13NO3S2/c16-13(15-12-5-4-11(20-12)14(17)18)9-2-1-3-10-8(9)6-7-19-10/h4-7,9H,1-3H2,(H,15,16)(H,17,18). The number of thiophene rings is 2. The number of anilines is 1. The van der Waals surface area contributed by atoms with Crippen LogP contribution in [0.15, 0.2) is 23.6 Å². The van der Waals surface area contributed by atoms with Crippen molar-refractivity contribution in [3.05, 3.63) is 38.9 Å². The summed E-state index contributed by atoms with van der Waals surface area (Å²) in [5.74, 6) is -1.11. The number of rotatable bonds is 3. The first-order valence-electron chi connectivity index (χ1n) is 6.35. The molecule has 1 atom stereocenters. The Labute approximate surface area is 124 Å². The molecule has 0 saturated carbocycles. The highest BCUT2D eigenvalue weighted by Gasteiger charge is 2.27. The number of carbonyl (C=O) groups excluding carboxylic acids is 1. The summed E-state index contributed by atoms with van der Waals surface area (Å²) in [6.45, 7) is 0. The molecule has 0 aromatic carbocycles. The van der Waals surface area contributed by atoms with Crippen molar-refractivity contribution < 1.29 is 14.7 Å². The normalized spacial score (nSPS) is 17.5. The summed E-state index contributed by atoms with van der Waals surface area (Å²) < 4.78 is 0. The van der Waals surface area contributed by atoms with Crippen molar-refractivity contribution in [3.63, 3.8) is 0 Å². The second-order valence-electron chi connectivity index (χ2n) is 4.70. The molecule has 1 amide bonds. The molecule has 0 aliphatic heterocycles. The average molecular weight is 307 g/mol. The first-order valence-corrected chi connectivity index (χ1v) is 8.05. The molecule has 1 aliphatic rings. The van der Waals surface area contributed by atoms with E-state index < -0.39 is 5.97 Å². The van der Waals surface area contributed by atoms with E-state index in [1.54, 1.807) is 17.4 Å². The molecule has 3 rings (SSSR count). The van der Waals surface area contributed by atoms with Crippen LogP contribution in [0.25, 0.3) is 0 Å². The van der Waals surface area contributed by atoms with Crippen LogP contribution in [-0.4, -0.2) is 17.0 Å². The number of carboxylic acid groups (broad SMARTS) is 1. The molecule has 1 aliphatic carbocycles. The Morgan fingerprint density at radius 2 is 2.15 bits per heavy atom. The fourth-order valence-corrected chi connectivity index (χ4v) is 4.22. The summed E-state index contributed by atoms with van der Waals surface area (Å²) in [4.78, 5) is 24.7. The molecule has 2 N–H and O–H groups in total. The van der Waals surface area contributed by atoms with Crippen LogP contribution in [0, 0.1) is 0 Å². The first-order chi connectivity index (χ1) is 9.65. The van der Waals surface area contributed by atoms with Gasteiger partial charge in [0.1, 0.15) is 4.88 Å². The number of fused-ring (bicyclic) bond motifs is 1. The number of carboxylic acids is 1. The number of aromatic carboxylic acids is 1. The summed E-state index contributed by atoms with van der Waals surface area (Å²) in [6, 6.07) is 5.18. The number of amides is 1. The number of hydrogen-bond acceptors (Lipinski definition) is 4. The van der Waals surface area contributed by atoms with Crippen LogP contribution >= 0.6 is 22.7 Å². The predicted molar refractivity (Wildman–Crippen MR) is 79.9 cm³/mol. The monoisotopic (exact) mass is 307 g/mol. The second kappa shape index (κ2) is 5.38. The second-order valence-corrected chi connectivity index (χ2v) is 6.79. The Bertz CT molecular complexity index is 659. The van der Waals surface area contributed by atoms with Gasteiger partial charge in [-0.3, -0.25) is 4.79 Å². The summed E-state index contributed by atoms with van der Waals surface area (Å²) in [7, 11) is 0. The highest BCUT2D eigenvalue weighted by molar-refractivity contribution is 7.18. The molecule has 2 heterocycles. The molecule has 0 spiro atoms. The van der Waals surface area contributed by atoms with Gasteiger partial charge in [-0.25, -0.2) is 4.79 Å². The number of nitrogens with one attached hydrogen (secondary N) is 1. The van der Waals surface area contributed by atoms with Gasteiger partial charge in [0, 0.05) is 4.88 Å². The Morgan fingerprint density at radius 1 is 1.30 bits per heavy atom. The lowest BCUT2D eigenvalue weighted by Crippen LogP contribution is -2.23. The van der Waals surface area contributed by atoms with Crippen molar-refractivity contribution in [2.75, 3.05) is 5.32 Å². The number of carbonyl (C=O) groups is 2. The molecule has 0 fully saturated rings. The minimum Gasteiger partial charge on any atom is -0.477 e. The lowest BCUT2D eigenvalue weighted by atomic mass is 9.87. The molecule has 0 radical (unpaired) electrons. The zero-order valence-electron chi connectivity index (χ0n) is 10.6. The Balaban J connectivity index is 1.75. The first kappa shape index (κ1) is 13.3. The Hall–Kier alpha value is -1.66. The molecule has 2 aromatic rings. The topological polar surface area (TPSA) is 66.4 Å². The highest BCUT2D eigenvalue weighted by Crippen LogP contribution is 2.36. The van der Waals surface area contributed by atoms with Crippen molar-refractivity contribution in [1.82, 2.24) is 0 Å². The third kappa shape index (κ3) is 2.48. The van der Waals surface area contributed by atoms with Crippen LogP contribution in [-0.2, 0) is 11.2 Å². The average Bonchev–Trinajstić information content (AvgIpc) is 3.05. The Morgan fingerprint density at radius 3 is 2.90 bits per heavy atom. The lowest BCUT2D eigenvalue weighted by molar-refractivity contribution is -0.117. The van der Waals surface area contributed by atoms with Gasteiger partial charge in [0.15, 0.2) is 0 Å². The van der Waals surface area contributed by atoms with Gasteiger partial charge >= 0.3 is 5.97 Å². The smallest absolute Gasteiger partial charge is 0.345 e. The van der Waals surface area contributed by atoms with Crippen molar-refractivity contribution in [1.29, 1.82) is 0 Å². The quantitative estimate of drug-likeness (QED) is 0.911. The largest absolute Gasteiger partial charge is 0.477 e. The zero-order chi connectivity index (χ0) is 14.1. The van der Waals surface area contributed by atoms with Gasteiger partial charge in [-0.2, -0.15) is 0 Å². The molecule has 20 heavy (non-hydrogen) atoms. The predicted octanol–water partition coefficient (Wildman–Crippen LogP) is 3.57. The summed E-state index contributed by atoms with van der Waals surface area (Å²) in [5.41, 5.74) is 1.13. The fourth-order valence-electron chi connectivity index (χ4n) is 2.49. The molecule has 4 nitrogen and oxygen atoms in total. The number of aryl methyl sites for hydroxylation is 1. The van der Waals surface area contributed by atoms with Crippen molar-refractivity contribution in [2.45, 2.75) is 25.2 Å². The summed E-state index contributed by atoms with van der Waals surface area (Å²) >= 11 is 2.79. The maximum absolute atomic E-state index is 12.4. The lowest BCUT2D eigenvalue weighted by Gasteiger charge is -2.21. The van der Waals surface area contributed by atoms with E-state index in [-0.39, 0.29) is 16.7 Å². The van der Waals surface area contributed by atoms with Crippen LogP contribution in [0.3, 0.4) is 0 Å². The van der Waals surface area contributed by atoms with Gasteiger partial charge < -0.3 is 10.4 Å². The minimum absolute atomic E-state index is 0.0388. The van der Waals surface area contributed by atoms with E-state index in [0.29, 0.717) is 5.00 Å². The van der Waals surface area contributed by atoms with Crippen molar-refractivity contribution >= 4 is 39.6 Å². The molecule has 6 heteroatoms. The molecule has 1 unspecified atom stereocenters. The molecule has 0 bridgehead atoms. The molecule has 0 saturated heterocycles. The van der Waals surface area contributed by atoms with Crippen molar-refractivity contribution in [3.8, 4) is 0 Å². The maximum Gasteiger partial charge on any atom is 0.345 e. The van der Waals surface area contributed by atoms with E-state index in [1.165, 1.54) is 10.9 Å². The van der Waals surface area contributed by atoms with E-state index in [9.17, 15) is 9.59 Å². The van der Waals surface area contributed by atoms with Gasteiger partial charge in [-0.05, 0) is 48.4 Å². The fraction of sp³-hybridized carbons (Fsp3) is 0.286. The van der Waals surface area contributed by atoms with Gasteiger partial charge in [-0.1, -0.05) is 0 Å². The van der Waals surface area contributed by atoms with E-state index >= 15 is 0 Å². The summed E-state index contributed by atoms with van der Waals surface area (Å²) in [5, 5.41) is 14.3. The molecule has 2 aromatic heterocycles. The van der Waals surface area contributed by atoms with E-state index in [2.05, 4.69) is 5.32 Å². The van der Waals surface area contributed by atoms with Crippen molar-refractivity contribution in [2.24, 2.45) is 0 Å². The third-order valence-corrected chi connectivity index (χ3v) is 5.42. The van der Waals surface area contributed by atoms with Gasteiger partial charge in [-0.15, -0.1) is 22.7 Å². The zero-order valence-corrected chi connectivity index (χ0v) is 12.2. The maximum atomic E-state index is 12.4. The van der Waals surface area contributed by atoms with Gasteiger partial charge in [0.2, 0.25) is 5.91 Å². The van der Waals surface area contributed by atoms with Crippen LogP contribution in [0.1, 0.15) is 38.9 Å². The Kier molecular flexibility index (Phi) is 3.58. The molecular weight excluding hydrogens is 294 g/mol. The number of hydrogen-bond donors (Lipinski definition) is 2. The molecule has 104 valence electrons. The van der Waals surface area contributed by atoms with Crippen LogP contribution < -0.4 is 5.32 Å². The highest BCUT2D eigenvalue weighted by atomic mass is 32.1. The summed E-state index contributed by atoms with van der Waals surface area (Å²) in [6.07, 6.45) is 2.93. The third-order valence-electron chi connectivity index (χ3n) is 3.43. The van der Waals surface area contributed by atoms with Crippen LogP contribution in [0.2, 0.25) is 0 Å². The minimum atomic E-state index is -0.965. The van der Waals surface area contributed by atoms with Crippen LogP contribution in [0.4, 0.5) is 5.00 Å². The van der Waals surface area contributed by atoms with E-state index in [0.717, 1.165) is 36.2 Å².